The second kappa shape index (κ2) is 6.04. The molecule has 0 aromatic carbocycles. The van der Waals surface area contributed by atoms with E-state index in [1.807, 2.05) is 0 Å². The van der Waals surface area contributed by atoms with E-state index in [2.05, 4.69) is 5.32 Å². The first-order chi connectivity index (χ1) is 9.08. The number of carbonyl (C=O) groups excluding carboxylic acids is 3. The molecule has 1 heterocycles. The van der Waals surface area contributed by atoms with E-state index in [0.29, 0.717) is 26.2 Å². The molecule has 1 aliphatic carbocycles. The van der Waals surface area contributed by atoms with Gasteiger partial charge in [-0.05, 0) is 12.8 Å². The summed E-state index contributed by atoms with van der Waals surface area (Å²) in [5, 5.41) is 2.70. The van der Waals surface area contributed by atoms with Crippen LogP contribution in [0.1, 0.15) is 26.2 Å². The van der Waals surface area contributed by atoms with Gasteiger partial charge in [-0.15, -0.1) is 0 Å². The van der Waals surface area contributed by atoms with E-state index < -0.39 is 0 Å². The molecular weight excluding hydrogens is 246 g/mol. The van der Waals surface area contributed by atoms with Crippen molar-refractivity contribution in [3.63, 3.8) is 0 Å². The minimum Gasteiger partial charge on any atom is -0.347 e. The predicted octanol–water partition coefficient (Wildman–Crippen LogP) is -0.407. The Morgan fingerprint density at radius 3 is 2.11 bits per heavy atom. The van der Waals surface area contributed by atoms with Gasteiger partial charge in [0.05, 0.1) is 6.54 Å². The fraction of sp³-hybridized carbons (Fsp3) is 0.769. The molecule has 19 heavy (non-hydrogen) atoms. The lowest BCUT2D eigenvalue weighted by Crippen LogP contribution is -2.52. The van der Waals surface area contributed by atoms with Gasteiger partial charge in [0.25, 0.3) is 0 Å². The van der Waals surface area contributed by atoms with Gasteiger partial charge >= 0.3 is 0 Å². The van der Waals surface area contributed by atoms with Crippen LogP contribution in [0, 0.1) is 5.92 Å². The number of nitrogens with zero attached hydrogens (tertiary/aromatic N) is 2. The summed E-state index contributed by atoms with van der Waals surface area (Å²) in [6.07, 6.45) is 2.99. The highest BCUT2D eigenvalue weighted by molar-refractivity contribution is 5.86. The van der Waals surface area contributed by atoms with Crippen molar-refractivity contribution >= 4 is 17.7 Å². The van der Waals surface area contributed by atoms with E-state index in [4.69, 9.17) is 0 Å². The van der Waals surface area contributed by atoms with Gasteiger partial charge < -0.3 is 15.1 Å². The topological polar surface area (TPSA) is 69.7 Å². The Balaban J connectivity index is 1.69. The summed E-state index contributed by atoms with van der Waals surface area (Å²) in [6.45, 7) is 3.89. The lowest BCUT2D eigenvalue weighted by atomic mass is 9.85. The van der Waals surface area contributed by atoms with E-state index in [1.165, 1.54) is 6.92 Å². The summed E-state index contributed by atoms with van der Waals surface area (Å²) in [4.78, 5) is 38.1. The summed E-state index contributed by atoms with van der Waals surface area (Å²) in [7, 11) is 0. The van der Waals surface area contributed by atoms with Gasteiger partial charge in [-0.3, -0.25) is 14.4 Å². The average Bonchev–Trinajstić information content (AvgIpc) is 2.34. The highest BCUT2D eigenvalue weighted by Gasteiger charge is 2.27. The molecule has 0 aromatic rings. The van der Waals surface area contributed by atoms with Crippen molar-refractivity contribution in [2.75, 3.05) is 32.7 Å². The van der Waals surface area contributed by atoms with Crippen molar-refractivity contribution in [2.24, 2.45) is 5.92 Å². The maximum Gasteiger partial charge on any atom is 0.242 e. The number of piperazine rings is 1. The molecule has 0 aromatic heterocycles. The zero-order valence-electron chi connectivity index (χ0n) is 11.4. The quantitative estimate of drug-likeness (QED) is 0.756. The molecule has 6 nitrogen and oxygen atoms in total. The summed E-state index contributed by atoms with van der Waals surface area (Å²) in [6, 6.07) is 0. The molecule has 2 aliphatic rings. The van der Waals surface area contributed by atoms with E-state index in [1.54, 1.807) is 9.80 Å². The molecule has 0 bridgehead atoms. The van der Waals surface area contributed by atoms with Crippen LogP contribution in [0.15, 0.2) is 0 Å². The number of carbonyl (C=O) groups is 3. The minimum absolute atomic E-state index is 0.00183. The third-order valence-electron chi connectivity index (χ3n) is 3.97. The molecule has 6 heteroatoms. The standard InChI is InChI=1S/C13H21N3O3/c1-10(17)15-5-7-16(8-6-15)12(18)9-14-13(19)11-3-2-4-11/h11H,2-9H2,1H3,(H,14,19). The van der Waals surface area contributed by atoms with Crippen molar-refractivity contribution in [1.29, 1.82) is 0 Å². The Bertz CT molecular complexity index is 371. The molecule has 1 saturated carbocycles. The lowest BCUT2D eigenvalue weighted by molar-refractivity contribution is -0.139. The van der Waals surface area contributed by atoms with Crippen LogP contribution in [0.4, 0.5) is 0 Å². The van der Waals surface area contributed by atoms with E-state index in [9.17, 15) is 14.4 Å². The molecule has 1 aliphatic heterocycles. The van der Waals surface area contributed by atoms with Crippen molar-refractivity contribution < 1.29 is 14.4 Å². The highest BCUT2D eigenvalue weighted by Crippen LogP contribution is 2.25. The van der Waals surface area contributed by atoms with Crippen LogP contribution < -0.4 is 5.32 Å². The molecule has 2 rings (SSSR count). The summed E-state index contributed by atoms with van der Waals surface area (Å²) < 4.78 is 0. The van der Waals surface area contributed by atoms with Crippen molar-refractivity contribution in [1.82, 2.24) is 15.1 Å². The zero-order chi connectivity index (χ0) is 13.8. The Labute approximate surface area is 113 Å². The first-order valence-corrected chi connectivity index (χ1v) is 6.89. The molecule has 0 unspecified atom stereocenters. The zero-order valence-corrected chi connectivity index (χ0v) is 11.4. The lowest BCUT2D eigenvalue weighted by Gasteiger charge is -2.34. The molecule has 1 N–H and O–H groups in total. The number of nitrogens with one attached hydrogen (secondary N) is 1. The monoisotopic (exact) mass is 267 g/mol. The van der Waals surface area contributed by atoms with Crippen LogP contribution in [0.3, 0.4) is 0 Å². The van der Waals surface area contributed by atoms with Gasteiger partial charge in [0.2, 0.25) is 17.7 Å². The third-order valence-corrected chi connectivity index (χ3v) is 3.97. The smallest absolute Gasteiger partial charge is 0.242 e. The van der Waals surface area contributed by atoms with Gasteiger partial charge in [-0.2, -0.15) is 0 Å². The summed E-state index contributed by atoms with van der Waals surface area (Å²) in [5.74, 6) is 0.102. The fourth-order valence-electron chi connectivity index (χ4n) is 2.36. The number of rotatable bonds is 3. The van der Waals surface area contributed by atoms with E-state index in [0.717, 1.165) is 19.3 Å². The second-order valence-electron chi connectivity index (χ2n) is 5.23. The van der Waals surface area contributed by atoms with Crippen LogP contribution >= 0.6 is 0 Å². The average molecular weight is 267 g/mol. The number of hydrogen-bond donors (Lipinski definition) is 1. The predicted molar refractivity (Wildman–Crippen MR) is 69.2 cm³/mol. The number of amides is 3. The Morgan fingerprint density at radius 2 is 1.63 bits per heavy atom. The SMILES string of the molecule is CC(=O)N1CCN(C(=O)CNC(=O)C2CCC2)CC1. The first-order valence-electron chi connectivity index (χ1n) is 6.89. The van der Waals surface area contributed by atoms with Gasteiger partial charge in [0.1, 0.15) is 0 Å². The molecule has 0 atom stereocenters. The van der Waals surface area contributed by atoms with E-state index >= 15 is 0 Å². The van der Waals surface area contributed by atoms with Crippen molar-refractivity contribution in [3.8, 4) is 0 Å². The van der Waals surface area contributed by atoms with Crippen LogP contribution in [0.25, 0.3) is 0 Å². The Hall–Kier alpha value is -1.59. The summed E-state index contributed by atoms with van der Waals surface area (Å²) >= 11 is 0. The molecule has 0 spiro atoms. The van der Waals surface area contributed by atoms with Crippen molar-refractivity contribution in [3.05, 3.63) is 0 Å². The van der Waals surface area contributed by atoms with Crippen LogP contribution in [0.2, 0.25) is 0 Å². The van der Waals surface area contributed by atoms with Crippen LogP contribution in [0.5, 0.6) is 0 Å². The maximum absolute atomic E-state index is 11.9. The van der Waals surface area contributed by atoms with Gasteiger partial charge in [-0.1, -0.05) is 6.42 Å². The van der Waals surface area contributed by atoms with Gasteiger partial charge in [0, 0.05) is 39.0 Å². The third kappa shape index (κ3) is 3.45. The molecule has 106 valence electrons. The molecule has 2 fully saturated rings. The first kappa shape index (κ1) is 13.8. The van der Waals surface area contributed by atoms with Crippen molar-refractivity contribution in [2.45, 2.75) is 26.2 Å². The largest absolute Gasteiger partial charge is 0.347 e. The fourth-order valence-corrected chi connectivity index (χ4v) is 2.36. The summed E-state index contributed by atoms with van der Waals surface area (Å²) in [5.41, 5.74) is 0. The normalized spacial score (nSPS) is 19.8. The highest BCUT2D eigenvalue weighted by atomic mass is 16.2. The number of hydrogen-bond acceptors (Lipinski definition) is 3. The second-order valence-corrected chi connectivity index (χ2v) is 5.23. The van der Waals surface area contributed by atoms with Gasteiger partial charge in [0.15, 0.2) is 0 Å². The molecule has 1 saturated heterocycles. The molecule has 3 amide bonds. The molecular formula is C13H21N3O3. The Kier molecular flexibility index (Phi) is 4.39. The van der Waals surface area contributed by atoms with Crippen LogP contribution in [-0.4, -0.2) is 60.2 Å². The maximum atomic E-state index is 11.9. The Morgan fingerprint density at radius 1 is 1.05 bits per heavy atom. The molecule has 0 radical (unpaired) electrons. The minimum atomic E-state index is -0.0594. The van der Waals surface area contributed by atoms with E-state index in [-0.39, 0.29) is 30.2 Å². The van der Waals surface area contributed by atoms with Crippen LogP contribution in [-0.2, 0) is 14.4 Å². The van der Waals surface area contributed by atoms with Gasteiger partial charge in [-0.25, -0.2) is 0 Å².